The van der Waals surface area contributed by atoms with Crippen molar-refractivity contribution in [2.75, 3.05) is 0 Å². The van der Waals surface area contributed by atoms with Gasteiger partial charge in [-0.2, -0.15) is 0 Å². The molecule has 0 spiro atoms. The maximum atomic E-state index is 6.29. The second-order valence-electron chi connectivity index (χ2n) is 8.74. The van der Waals surface area contributed by atoms with Gasteiger partial charge >= 0.3 is 7.12 Å². The molecule has 3 aliphatic carbocycles. The summed E-state index contributed by atoms with van der Waals surface area (Å²) in [5, 5.41) is 0. The average molecular weight is 264 g/mol. The highest BCUT2D eigenvalue weighted by Crippen LogP contribution is 2.65. The van der Waals surface area contributed by atoms with Crippen molar-refractivity contribution >= 4 is 7.12 Å². The average Bonchev–Trinajstić information content (AvgIpc) is 2.47. The molecule has 0 radical (unpaired) electrons. The fraction of sp³-hybridized carbons (Fsp3) is 1.00. The van der Waals surface area contributed by atoms with E-state index >= 15 is 0 Å². The van der Waals surface area contributed by atoms with Gasteiger partial charge < -0.3 is 9.31 Å². The Hall–Kier alpha value is -0.0151. The molecule has 0 N–H and O–H groups in total. The van der Waals surface area contributed by atoms with Gasteiger partial charge in [-0.25, -0.2) is 0 Å². The Kier molecular flexibility index (Phi) is 2.78. The van der Waals surface area contributed by atoms with Crippen molar-refractivity contribution in [3.63, 3.8) is 0 Å². The molecule has 2 nitrogen and oxygen atoms in total. The maximum Gasteiger partial charge on any atom is 0.461 e. The molecule has 108 valence electrons. The van der Waals surface area contributed by atoms with Crippen LogP contribution in [0.3, 0.4) is 0 Å². The molecule has 0 aromatic heterocycles. The van der Waals surface area contributed by atoms with E-state index in [1.165, 1.54) is 12.8 Å². The summed E-state index contributed by atoms with van der Waals surface area (Å²) in [6.07, 6.45) is 2.70. The number of rotatable bonds is 1. The predicted octanol–water partition coefficient (Wildman–Crippen LogP) is 4.15. The third-order valence-corrected chi connectivity index (χ3v) is 7.03. The number of hydrogen-bond acceptors (Lipinski definition) is 2. The normalized spacial score (nSPS) is 45.9. The largest absolute Gasteiger partial charge is 0.461 e. The molecular formula is C16H29BO2. The minimum Gasteiger partial charge on any atom is -0.403 e. The van der Waals surface area contributed by atoms with Crippen molar-refractivity contribution in [3.8, 4) is 0 Å². The van der Waals surface area contributed by atoms with Crippen LogP contribution >= 0.6 is 0 Å². The summed E-state index contributed by atoms with van der Waals surface area (Å²) in [5.74, 6) is 3.03. The molecule has 4 aliphatic rings. The highest BCUT2D eigenvalue weighted by Gasteiger charge is 2.62. The van der Waals surface area contributed by atoms with Crippen molar-refractivity contribution in [3.05, 3.63) is 0 Å². The van der Waals surface area contributed by atoms with E-state index in [0.29, 0.717) is 11.2 Å². The summed E-state index contributed by atoms with van der Waals surface area (Å²) in [5.41, 5.74) is 0.169. The van der Waals surface area contributed by atoms with Crippen LogP contribution in [0.15, 0.2) is 0 Å². The SMILES string of the molecule is C[C@@H]1[C@H]2C[C@@H](C[C@H]1B1OC(C)(C)C(C)(C)O1)C2(C)C. The van der Waals surface area contributed by atoms with E-state index in [2.05, 4.69) is 48.5 Å². The van der Waals surface area contributed by atoms with Crippen molar-refractivity contribution in [1.82, 2.24) is 0 Å². The molecule has 1 heterocycles. The third kappa shape index (κ3) is 1.77. The molecule has 0 aromatic carbocycles. The van der Waals surface area contributed by atoms with E-state index in [1.54, 1.807) is 0 Å². The molecule has 4 atom stereocenters. The van der Waals surface area contributed by atoms with E-state index < -0.39 is 0 Å². The van der Waals surface area contributed by atoms with Crippen LogP contribution in [0, 0.1) is 23.2 Å². The summed E-state index contributed by atoms with van der Waals surface area (Å²) in [7, 11) is 0.00130. The Morgan fingerprint density at radius 3 is 1.84 bits per heavy atom. The first-order chi connectivity index (χ1) is 8.56. The topological polar surface area (TPSA) is 18.5 Å². The van der Waals surface area contributed by atoms with Gasteiger partial charge in [-0.15, -0.1) is 0 Å². The Balaban J connectivity index is 1.76. The minimum absolute atomic E-state index is 0.00130. The molecule has 3 saturated carbocycles. The van der Waals surface area contributed by atoms with Gasteiger partial charge in [0.2, 0.25) is 0 Å². The predicted molar refractivity (Wildman–Crippen MR) is 79.0 cm³/mol. The van der Waals surface area contributed by atoms with Crippen LogP contribution in [0.4, 0.5) is 0 Å². The molecule has 2 bridgehead atoms. The lowest BCUT2D eigenvalue weighted by Crippen LogP contribution is -2.56. The lowest BCUT2D eigenvalue weighted by Gasteiger charge is -2.62. The van der Waals surface area contributed by atoms with Gasteiger partial charge in [0.25, 0.3) is 0 Å². The molecule has 3 heteroatoms. The molecular weight excluding hydrogens is 235 g/mol. The molecule has 1 saturated heterocycles. The molecule has 0 aromatic rings. The number of fused-ring (bicyclic) bond motifs is 2. The fourth-order valence-corrected chi connectivity index (χ4v) is 4.61. The zero-order chi connectivity index (χ0) is 14.2. The molecule has 4 fully saturated rings. The number of hydrogen-bond donors (Lipinski definition) is 0. The maximum absolute atomic E-state index is 6.29. The van der Waals surface area contributed by atoms with E-state index in [4.69, 9.17) is 9.31 Å². The first-order valence-corrected chi connectivity index (χ1v) is 7.92. The second-order valence-corrected chi connectivity index (χ2v) is 8.74. The first kappa shape index (κ1) is 13.9. The van der Waals surface area contributed by atoms with E-state index in [-0.39, 0.29) is 18.3 Å². The molecule has 0 amide bonds. The van der Waals surface area contributed by atoms with E-state index in [0.717, 1.165) is 17.8 Å². The summed E-state index contributed by atoms with van der Waals surface area (Å²) >= 11 is 0. The lowest BCUT2D eigenvalue weighted by atomic mass is 9.39. The van der Waals surface area contributed by atoms with Crippen LogP contribution in [0.2, 0.25) is 5.82 Å². The van der Waals surface area contributed by atoms with Gasteiger partial charge in [0.05, 0.1) is 11.2 Å². The summed E-state index contributed by atoms with van der Waals surface area (Å²) in [6.45, 7) is 15.9. The van der Waals surface area contributed by atoms with Crippen LogP contribution < -0.4 is 0 Å². The lowest BCUT2D eigenvalue weighted by molar-refractivity contribution is -0.103. The van der Waals surface area contributed by atoms with Crippen LogP contribution in [-0.4, -0.2) is 18.3 Å². The monoisotopic (exact) mass is 264 g/mol. The standard InChI is InChI=1S/C16H29BO2/c1-10-12-8-11(14(12,2)3)9-13(10)17-18-15(4,5)16(6,7)19-17/h10-13H,8-9H2,1-7H3/t10-,11+,12-,13-/m1/s1. The highest BCUT2D eigenvalue weighted by molar-refractivity contribution is 6.47. The minimum atomic E-state index is -0.186. The molecule has 19 heavy (non-hydrogen) atoms. The van der Waals surface area contributed by atoms with Gasteiger partial charge in [-0.1, -0.05) is 20.8 Å². The van der Waals surface area contributed by atoms with Gasteiger partial charge in [0.1, 0.15) is 0 Å². The van der Waals surface area contributed by atoms with Crippen LogP contribution in [0.5, 0.6) is 0 Å². The quantitative estimate of drug-likeness (QED) is 0.662. The van der Waals surface area contributed by atoms with E-state index in [1.807, 2.05) is 0 Å². The molecule has 4 rings (SSSR count). The van der Waals surface area contributed by atoms with Gasteiger partial charge in [0, 0.05) is 0 Å². The van der Waals surface area contributed by atoms with Crippen LogP contribution in [-0.2, 0) is 9.31 Å². The van der Waals surface area contributed by atoms with Crippen molar-refractivity contribution in [2.45, 2.75) is 78.3 Å². The third-order valence-electron chi connectivity index (χ3n) is 7.03. The summed E-state index contributed by atoms with van der Waals surface area (Å²) in [6, 6.07) is 0. The Labute approximate surface area is 118 Å². The van der Waals surface area contributed by atoms with Crippen LogP contribution in [0.1, 0.15) is 61.3 Å². The van der Waals surface area contributed by atoms with Crippen molar-refractivity contribution in [1.29, 1.82) is 0 Å². The van der Waals surface area contributed by atoms with Gasteiger partial charge in [0.15, 0.2) is 0 Å². The first-order valence-electron chi connectivity index (χ1n) is 7.92. The Morgan fingerprint density at radius 2 is 1.42 bits per heavy atom. The summed E-state index contributed by atoms with van der Waals surface area (Å²) < 4.78 is 12.6. The van der Waals surface area contributed by atoms with Gasteiger partial charge in [-0.05, 0) is 69.5 Å². The van der Waals surface area contributed by atoms with Crippen molar-refractivity contribution in [2.24, 2.45) is 23.2 Å². The summed E-state index contributed by atoms with van der Waals surface area (Å²) in [4.78, 5) is 0. The zero-order valence-corrected chi connectivity index (χ0v) is 13.6. The molecule has 1 aliphatic heterocycles. The Bertz CT molecular complexity index is 372. The fourth-order valence-electron chi connectivity index (χ4n) is 4.61. The van der Waals surface area contributed by atoms with Gasteiger partial charge in [-0.3, -0.25) is 0 Å². The smallest absolute Gasteiger partial charge is 0.403 e. The molecule has 0 unspecified atom stereocenters. The Morgan fingerprint density at radius 1 is 0.895 bits per heavy atom. The van der Waals surface area contributed by atoms with Crippen LogP contribution in [0.25, 0.3) is 0 Å². The highest BCUT2D eigenvalue weighted by atomic mass is 16.7. The second kappa shape index (κ2) is 3.79. The van der Waals surface area contributed by atoms with E-state index in [9.17, 15) is 0 Å². The zero-order valence-electron chi connectivity index (χ0n) is 13.6. The van der Waals surface area contributed by atoms with Crippen molar-refractivity contribution < 1.29 is 9.31 Å².